The average Bonchev–Trinajstić information content (AvgIpc) is 2.83. The van der Waals surface area contributed by atoms with Crippen molar-refractivity contribution in [3.05, 3.63) is 18.1 Å². The molecule has 0 unspecified atom stereocenters. The molecule has 1 aliphatic heterocycles. The van der Waals surface area contributed by atoms with E-state index in [1.165, 1.54) is 19.3 Å². The lowest BCUT2D eigenvalue weighted by molar-refractivity contribution is -0.136. The lowest BCUT2D eigenvalue weighted by Crippen LogP contribution is -2.41. The number of carbonyl (C=O) groups is 1. The fourth-order valence-corrected chi connectivity index (χ4v) is 4.26. The SMILES string of the molecule is CN1CCN(C(=O)C2CCCCC2)C[C@@H](Cc2cc(N(C)C)ncn2)C1. The van der Waals surface area contributed by atoms with E-state index in [1.807, 2.05) is 19.0 Å². The van der Waals surface area contributed by atoms with E-state index in [1.54, 1.807) is 6.33 Å². The van der Waals surface area contributed by atoms with Gasteiger partial charge in [-0.3, -0.25) is 4.79 Å². The van der Waals surface area contributed by atoms with Gasteiger partial charge in [0.15, 0.2) is 0 Å². The van der Waals surface area contributed by atoms with Crippen molar-refractivity contribution in [2.45, 2.75) is 38.5 Å². The summed E-state index contributed by atoms with van der Waals surface area (Å²) in [5, 5.41) is 0. The summed E-state index contributed by atoms with van der Waals surface area (Å²) in [6.45, 7) is 3.67. The predicted octanol–water partition coefficient (Wildman–Crippen LogP) is 2.06. The molecular formula is C20H33N5O. The molecule has 1 atom stereocenters. The van der Waals surface area contributed by atoms with E-state index in [-0.39, 0.29) is 5.92 Å². The van der Waals surface area contributed by atoms with Crippen LogP contribution in [0.15, 0.2) is 12.4 Å². The van der Waals surface area contributed by atoms with Crippen molar-refractivity contribution in [3.8, 4) is 0 Å². The third kappa shape index (κ3) is 4.93. The number of likely N-dealkylation sites (N-methyl/N-ethyl adjacent to an activating group) is 1. The highest BCUT2D eigenvalue weighted by Crippen LogP contribution is 2.26. The molecule has 6 heteroatoms. The van der Waals surface area contributed by atoms with Crippen LogP contribution in [0.5, 0.6) is 0 Å². The van der Waals surface area contributed by atoms with Gasteiger partial charge in [0.25, 0.3) is 0 Å². The van der Waals surface area contributed by atoms with E-state index in [0.717, 1.165) is 57.0 Å². The average molecular weight is 360 g/mol. The molecule has 0 bridgehead atoms. The van der Waals surface area contributed by atoms with Gasteiger partial charge in [-0.15, -0.1) is 0 Å². The van der Waals surface area contributed by atoms with E-state index in [2.05, 4.69) is 32.9 Å². The number of anilines is 1. The first-order chi connectivity index (χ1) is 12.5. The van der Waals surface area contributed by atoms with Crippen molar-refractivity contribution < 1.29 is 4.79 Å². The van der Waals surface area contributed by atoms with E-state index in [4.69, 9.17) is 0 Å². The maximum absolute atomic E-state index is 13.0. The third-order valence-electron chi connectivity index (χ3n) is 5.73. The Labute approximate surface area is 157 Å². The third-order valence-corrected chi connectivity index (χ3v) is 5.73. The fourth-order valence-electron chi connectivity index (χ4n) is 4.26. The van der Waals surface area contributed by atoms with Gasteiger partial charge >= 0.3 is 0 Å². The summed E-state index contributed by atoms with van der Waals surface area (Å²) in [5.41, 5.74) is 1.06. The molecule has 1 saturated heterocycles. The Morgan fingerprint density at radius 1 is 1.15 bits per heavy atom. The van der Waals surface area contributed by atoms with Crippen LogP contribution in [0.2, 0.25) is 0 Å². The van der Waals surface area contributed by atoms with Gasteiger partial charge in [0.05, 0.1) is 0 Å². The zero-order valence-electron chi connectivity index (χ0n) is 16.5. The first-order valence-electron chi connectivity index (χ1n) is 9.98. The monoisotopic (exact) mass is 359 g/mol. The lowest BCUT2D eigenvalue weighted by atomic mass is 9.88. The molecule has 144 valence electrons. The smallest absolute Gasteiger partial charge is 0.225 e. The fraction of sp³-hybridized carbons (Fsp3) is 0.750. The Morgan fingerprint density at radius 3 is 2.65 bits per heavy atom. The largest absolute Gasteiger partial charge is 0.363 e. The first kappa shape index (κ1) is 19.1. The first-order valence-corrected chi connectivity index (χ1v) is 9.98. The van der Waals surface area contributed by atoms with Gasteiger partial charge in [0, 0.05) is 58.0 Å². The maximum Gasteiger partial charge on any atom is 0.225 e. The number of rotatable bonds is 4. The molecule has 26 heavy (non-hydrogen) atoms. The quantitative estimate of drug-likeness (QED) is 0.824. The molecule has 2 fully saturated rings. The molecule has 1 aromatic rings. The van der Waals surface area contributed by atoms with Gasteiger partial charge in [-0.1, -0.05) is 19.3 Å². The Bertz CT molecular complexity index is 600. The van der Waals surface area contributed by atoms with Crippen LogP contribution in [-0.4, -0.2) is 73.0 Å². The molecule has 2 aliphatic rings. The summed E-state index contributed by atoms with van der Waals surface area (Å²) in [6, 6.07) is 2.07. The van der Waals surface area contributed by atoms with Crippen molar-refractivity contribution >= 4 is 11.7 Å². The number of nitrogens with zero attached hydrogens (tertiary/aromatic N) is 5. The van der Waals surface area contributed by atoms with E-state index in [9.17, 15) is 4.79 Å². The zero-order chi connectivity index (χ0) is 18.5. The van der Waals surface area contributed by atoms with Crippen LogP contribution in [0, 0.1) is 11.8 Å². The lowest BCUT2D eigenvalue weighted by Gasteiger charge is -2.30. The van der Waals surface area contributed by atoms with Gasteiger partial charge in [0.1, 0.15) is 12.1 Å². The van der Waals surface area contributed by atoms with Crippen LogP contribution in [-0.2, 0) is 11.2 Å². The molecular weight excluding hydrogens is 326 g/mol. The Balaban J connectivity index is 1.67. The van der Waals surface area contributed by atoms with Gasteiger partial charge in [0.2, 0.25) is 5.91 Å². The molecule has 1 aliphatic carbocycles. The highest BCUT2D eigenvalue weighted by atomic mass is 16.2. The molecule has 6 nitrogen and oxygen atoms in total. The number of carbonyl (C=O) groups excluding carboxylic acids is 1. The second-order valence-corrected chi connectivity index (χ2v) is 8.21. The summed E-state index contributed by atoms with van der Waals surface area (Å²) in [7, 11) is 6.15. The summed E-state index contributed by atoms with van der Waals surface area (Å²) >= 11 is 0. The molecule has 2 heterocycles. The van der Waals surface area contributed by atoms with Gasteiger partial charge in [-0.25, -0.2) is 9.97 Å². The second kappa shape index (κ2) is 8.80. The van der Waals surface area contributed by atoms with Crippen LogP contribution in [0.4, 0.5) is 5.82 Å². The topological polar surface area (TPSA) is 52.6 Å². The molecule has 3 rings (SSSR count). The van der Waals surface area contributed by atoms with Crippen LogP contribution in [0.3, 0.4) is 0 Å². The van der Waals surface area contributed by atoms with Crippen molar-refractivity contribution in [1.82, 2.24) is 19.8 Å². The van der Waals surface area contributed by atoms with Crippen molar-refractivity contribution in [2.24, 2.45) is 11.8 Å². The van der Waals surface area contributed by atoms with Crippen LogP contribution < -0.4 is 4.90 Å². The summed E-state index contributed by atoms with van der Waals surface area (Å²) in [5.74, 6) is 2.00. The van der Waals surface area contributed by atoms with Gasteiger partial charge < -0.3 is 14.7 Å². The standard InChI is InChI=1S/C20H33N5O/c1-23(2)19-12-18(21-15-22-19)11-16-13-24(3)9-10-25(14-16)20(26)17-7-5-4-6-8-17/h12,15-17H,4-11,13-14H2,1-3H3/t16-/m0/s1. The minimum Gasteiger partial charge on any atom is -0.363 e. The van der Waals surface area contributed by atoms with Gasteiger partial charge in [-0.05, 0) is 32.2 Å². The molecule has 1 saturated carbocycles. The second-order valence-electron chi connectivity index (χ2n) is 8.21. The number of hydrogen-bond donors (Lipinski definition) is 0. The van der Waals surface area contributed by atoms with Crippen LogP contribution >= 0.6 is 0 Å². The van der Waals surface area contributed by atoms with Crippen molar-refractivity contribution in [3.63, 3.8) is 0 Å². The molecule has 0 radical (unpaired) electrons. The maximum atomic E-state index is 13.0. The van der Waals surface area contributed by atoms with E-state index in [0.29, 0.717) is 11.8 Å². The zero-order valence-corrected chi connectivity index (χ0v) is 16.5. The minimum atomic E-state index is 0.257. The minimum absolute atomic E-state index is 0.257. The highest BCUT2D eigenvalue weighted by molar-refractivity contribution is 5.79. The van der Waals surface area contributed by atoms with Crippen LogP contribution in [0.25, 0.3) is 0 Å². The van der Waals surface area contributed by atoms with E-state index >= 15 is 0 Å². The Hall–Kier alpha value is -1.69. The van der Waals surface area contributed by atoms with Crippen LogP contribution in [0.1, 0.15) is 37.8 Å². The Kier molecular flexibility index (Phi) is 6.46. The number of amides is 1. The molecule has 0 spiro atoms. The predicted molar refractivity (Wildman–Crippen MR) is 104 cm³/mol. The summed E-state index contributed by atoms with van der Waals surface area (Å²) in [4.78, 5) is 28.3. The summed E-state index contributed by atoms with van der Waals surface area (Å²) < 4.78 is 0. The molecule has 1 amide bonds. The van der Waals surface area contributed by atoms with Crippen molar-refractivity contribution in [1.29, 1.82) is 0 Å². The molecule has 0 N–H and O–H groups in total. The van der Waals surface area contributed by atoms with E-state index < -0.39 is 0 Å². The molecule has 0 aromatic carbocycles. The van der Waals surface area contributed by atoms with Gasteiger partial charge in [-0.2, -0.15) is 0 Å². The Morgan fingerprint density at radius 2 is 1.92 bits per heavy atom. The highest BCUT2D eigenvalue weighted by Gasteiger charge is 2.30. The van der Waals surface area contributed by atoms with Crippen molar-refractivity contribution in [2.75, 3.05) is 52.2 Å². The number of aromatic nitrogens is 2. The molecule has 1 aromatic heterocycles. The summed E-state index contributed by atoms with van der Waals surface area (Å²) in [6.07, 6.45) is 8.40. The normalized spacial score (nSPS) is 22.9. The number of hydrogen-bond acceptors (Lipinski definition) is 5.